The van der Waals surface area contributed by atoms with Gasteiger partial charge in [0.2, 0.25) is 10.0 Å². The number of nitrogens with zero attached hydrogens (tertiary/aromatic N) is 2. The summed E-state index contributed by atoms with van der Waals surface area (Å²) < 4.78 is 27.1. The van der Waals surface area contributed by atoms with Gasteiger partial charge in [0.1, 0.15) is 0 Å². The molecule has 1 atom stereocenters. The van der Waals surface area contributed by atoms with Crippen molar-refractivity contribution in [1.29, 1.82) is 0 Å². The number of rotatable bonds is 5. The van der Waals surface area contributed by atoms with Gasteiger partial charge in [-0.1, -0.05) is 48.0 Å². The minimum Gasteiger partial charge on any atom is -0.298 e. The molecule has 1 unspecified atom stereocenters. The molecule has 4 nitrogen and oxygen atoms in total. The van der Waals surface area contributed by atoms with Crippen molar-refractivity contribution in [2.45, 2.75) is 24.3 Å². The maximum absolute atomic E-state index is 12.8. The van der Waals surface area contributed by atoms with Gasteiger partial charge in [0, 0.05) is 37.2 Å². The van der Waals surface area contributed by atoms with Gasteiger partial charge < -0.3 is 0 Å². The van der Waals surface area contributed by atoms with Crippen LogP contribution in [0.15, 0.2) is 59.5 Å². The maximum atomic E-state index is 12.8. The summed E-state index contributed by atoms with van der Waals surface area (Å²) in [4.78, 5) is 2.63. The first-order valence-corrected chi connectivity index (χ1v) is 10.3. The van der Waals surface area contributed by atoms with Crippen LogP contribution < -0.4 is 0 Å². The molecule has 0 saturated carbocycles. The van der Waals surface area contributed by atoms with E-state index < -0.39 is 10.0 Å². The minimum absolute atomic E-state index is 0.269. The van der Waals surface area contributed by atoms with E-state index in [9.17, 15) is 8.42 Å². The van der Waals surface area contributed by atoms with Crippen LogP contribution >= 0.6 is 11.6 Å². The van der Waals surface area contributed by atoms with Gasteiger partial charge in [-0.2, -0.15) is 4.31 Å². The van der Waals surface area contributed by atoms with Crippen molar-refractivity contribution in [2.24, 2.45) is 0 Å². The van der Waals surface area contributed by atoms with E-state index in [0.29, 0.717) is 24.2 Å². The van der Waals surface area contributed by atoms with Crippen LogP contribution in [0.1, 0.15) is 12.5 Å². The average Bonchev–Trinajstić information content (AvgIpc) is 2.62. The van der Waals surface area contributed by atoms with Crippen LogP contribution in [0.5, 0.6) is 0 Å². The Hall–Kier alpha value is -1.40. The first-order chi connectivity index (χ1) is 12.0. The molecule has 2 aromatic rings. The van der Waals surface area contributed by atoms with Crippen LogP contribution in [0, 0.1) is 0 Å². The van der Waals surface area contributed by atoms with Gasteiger partial charge in [0.05, 0.1) is 4.90 Å². The van der Waals surface area contributed by atoms with Crippen molar-refractivity contribution in [3.05, 3.63) is 65.2 Å². The standard InChI is InChI=1S/C19H23ClN2O2S/c1-16(14-17-6-3-2-4-7-17)21-10-12-22(13-11-21)25(23,24)19-9-5-8-18(20)15-19/h2-9,15-16H,10-14H2,1H3. The van der Waals surface area contributed by atoms with Crippen LogP contribution in [-0.2, 0) is 16.4 Å². The van der Waals surface area contributed by atoms with Crippen molar-refractivity contribution in [3.8, 4) is 0 Å². The number of sulfonamides is 1. The molecule has 3 rings (SSSR count). The van der Waals surface area contributed by atoms with Crippen LogP contribution in [0.25, 0.3) is 0 Å². The number of halogens is 1. The fourth-order valence-electron chi connectivity index (χ4n) is 3.25. The summed E-state index contributed by atoms with van der Waals surface area (Å²) in [6.45, 7) is 4.71. The van der Waals surface area contributed by atoms with Gasteiger partial charge in [-0.05, 0) is 37.1 Å². The number of benzene rings is 2. The number of piperazine rings is 1. The van der Waals surface area contributed by atoms with E-state index >= 15 is 0 Å². The van der Waals surface area contributed by atoms with Gasteiger partial charge in [-0.15, -0.1) is 0 Å². The van der Waals surface area contributed by atoms with Crippen molar-refractivity contribution in [1.82, 2.24) is 9.21 Å². The quantitative estimate of drug-likeness (QED) is 0.801. The minimum atomic E-state index is -3.47. The third kappa shape index (κ3) is 4.42. The zero-order valence-electron chi connectivity index (χ0n) is 14.3. The molecule has 0 radical (unpaired) electrons. The van der Waals surface area contributed by atoms with E-state index in [-0.39, 0.29) is 4.90 Å². The Morgan fingerprint density at radius 3 is 2.32 bits per heavy atom. The van der Waals surface area contributed by atoms with Crippen molar-refractivity contribution in [3.63, 3.8) is 0 Å². The molecule has 1 aliphatic heterocycles. The molecule has 1 aliphatic rings. The van der Waals surface area contributed by atoms with Gasteiger partial charge in [0.25, 0.3) is 0 Å². The molecular weight excluding hydrogens is 356 g/mol. The summed E-state index contributed by atoms with van der Waals surface area (Å²) in [7, 11) is -3.47. The molecule has 1 fully saturated rings. The molecule has 6 heteroatoms. The zero-order valence-corrected chi connectivity index (χ0v) is 15.9. The normalized spacial score (nSPS) is 18.2. The van der Waals surface area contributed by atoms with E-state index in [1.165, 1.54) is 11.6 Å². The Morgan fingerprint density at radius 1 is 1.00 bits per heavy atom. The highest BCUT2D eigenvalue weighted by Crippen LogP contribution is 2.21. The lowest BCUT2D eigenvalue weighted by atomic mass is 10.1. The summed E-state index contributed by atoms with van der Waals surface area (Å²) in [5, 5.41) is 0.441. The lowest BCUT2D eigenvalue weighted by molar-refractivity contribution is 0.145. The summed E-state index contributed by atoms with van der Waals surface area (Å²) in [5.41, 5.74) is 1.31. The molecule has 0 bridgehead atoms. The molecule has 1 saturated heterocycles. The van der Waals surface area contributed by atoms with E-state index in [1.54, 1.807) is 22.5 Å². The Bertz CT molecular complexity index is 803. The van der Waals surface area contributed by atoms with Crippen LogP contribution in [0.3, 0.4) is 0 Å². The fraction of sp³-hybridized carbons (Fsp3) is 0.368. The first kappa shape index (κ1) is 18.4. The number of hydrogen-bond acceptors (Lipinski definition) is 3. The molecule has 1 heterocycles. The molecule has 0 spiro atoms. The van der Waals surface area contributed by atoms with Crippen molar-refractivity contribution >= 4 is 21.6 Å². The third-order valence-electron chi connectivity index (χ3n) is 4.70. The first-order valence-electron chi connectivity index (χ1n) is 8.50. The van der Waals surface area contributed by atoms with E-state index in [4.69, 9.17) is 11.6 Å². The highest BCUT2D eigenvalue weighted by molar-refractivity contribution is 7.89. The highest BCUT2D eigenvalue weighted by Gasteiger charge is 2.30. The Labute approximate surface area is 155 Å². The van der Waals surface area contributed by atoms with E-state index in [2.05, 4.69) is 36.1 Å². The molecular formula is C19H23ClN2O2S. The molecule has 0 aromatic heterocycles. The number of hydrogen-bond donors (Lipinski definition) is 0. The zero-order chi connectivity index (χ0) is 17.9. The topological polar surface area (TPSA) is 40.6 Å². The summed E-state index contributed by atoms with van der Waals surface area (Å²) in [5.74, 6) is 0. The second-order valence-corrected chi connectivity index (χ2v) is 8.81. The molecule has 0 amide bonds. The summed E-state index contributed by atoms with van der Waals surface area (Å²) in [6, 6.07) is 17.3. The Morgan fingerprint density at radius 2 is 1.68 bits per heavy atom. The van der Waals surface area contributed by atoms with Crippen molar-refractivity contribution < 1.29 is 8.42 Å². The predicted octanol–water partition coefficient (Wildman–Crippen LogP) is 3.28. The van der Waals surface area contributed by atoms with Gasteiger partial charge >= 0.3 is 0 Å². The second kappa shape index (κ2) is 7.87. The van der Waals surface area contributed by atoms with Crippen LogP contribution in [0.2, 0.25) is 5.02 Å². The van der Waals surface area contributed by atoms with Crippen molar-refractivity contribution in [2.75, 3.05) is 26.2 Å². The van der Waals surface area contributed by atoms with E-state index in [0.717, 1.165) is 19.5 Å². The maximum Gasteiger partial charge on any atom is 0.243 e. The Balaban J connectivity index is 1.61. The second-order valence-electron chi connectivity index (χ2n) is 6.44. The molecule has 2 aromatic carbocycles. The molecule has 25 heavy (non-hydrogen) atoms. The van der Waals surface area contributed by atoms with Gasteiger partial charge in [-0.25, -0.2) is 8.42 Å². The summed E-state index contributed by atoms with van der Waals surface area (Å²) in [6.07, 6.45) is 0.974. The largest absolute Gasteiger partial charge is 0.298 e. The predicted molar refractivity (Wildman–Crippen MR) is 101 cm³/mol. The molecule has 0 N–H and O–H groups in total. The lowest BCUT2D eigenvalue weighted by Gasteiger charge is -2.37. The SMILES string of the molecule is CC(Cc1ccccc1)N1CCN(S(=O)(=O)c2cccc(Cl)c2)CC1. The van der Waals surface area contributed by atoms with E-state index in [1.807, 2.05) is 6.07 Å². The van der Waals surface area contributed by atoms with Crippen LogP contribution in [0.4, 0.5) is 0 Å². The molecule has 0 aliphatic carbocycles. The smallest absolute Gasteiger partial charge is 0.243 e. The van der Waals surface area contributed by atoms with Gasteiger partial charge in [0.15, 0.2) is 0 Å². The fourth-order valence-corrected chi connectivity index (χ4v) is 4.97. The monoisotopic (exact) mass is 378 g/mol. The lowest BCUT2D eigenvalue weighted by Crippen LogP contribution is -2.51. The average molecular weight is 379 g/mol. The highest BCUT2D eigenvalue weighted by atomic mass is 35.5. The molecule has 134 valence electrons. The Kier molecular flexibility index (Phi) is 5.79. The van der Waals surface area contributed by atoms with Gasteiger partial charge in [-0.3, -0.25) is 4.90 Å². The third-order valence-corrected chi connectivity index (χ3v) is 6.83. The summed E-state index contributed by atoms with van der Waals surface area (Å²) >= 11 is 5.94. The van der Waals surface area contributed by atoms with Crippen LogP contribution in [-0.4, -0.2) is 49.8 Å².